The van der Waals surface area contributed by atoms with E-state index in [0.717, 1.165) is 35.8 Å². The Morgan fingerprint density at radius 3 is 2.86 bits per heavy atom. The molecule has 2 heterocycles. The number of benzene rings is 1. The van der Waals surface area contributed by atoms with Gasteiger partial charge in [0.2, 0.25) is 0 Å². The fourth-order valence-corrected chi connectivity index (χ4v) is 3.29. The number of halogens is 1. The number of pyridine rings is 1. The van der Waals surface area contributed by atoms with Crippen molar-refractivity contribution >= 4 is 26.8 Å². The molecular weight excluding hydrogens is 338 g/mol. The molecule has 0 radical (unpaired) electrons. The number of nitrogens with two attached hydrogens (primary N) is 1. The smallest absolute Gasteiger partial charge is 0.0513 e. The molecule has 0 atom stereocenters. The number of aromatic amines is 1. The lowest BCUT2D eigenvalue weighted by molar-refractivity contribution is 0.748. The second-order valence-corrected chi connectivity index (χ2v) is 6.53. The van der Waals surface area contributed by atoms with Crippen LogP contribution in [0.15, 0.2) is 41.1 Å². The molecule has 1 aromatic carbocycles. The average Bonchev–Trinajstić information content (AvgIpc) is 2.88. The third-order valence-electron chi connectivity index (χ3n) is 4.02. The molecule has 3 nitrogen and oxygen atoms in total. The molecule has 0 bridgehead atoms. The summed E-state index contributed by atoms with van der Waals surface area (Å²) < 4.78 is 0.994. The minimum atomic E-state index is 0.745. The summed E-state index contributed by atoms with van der Waals surface area (Å²) in [6.07, 6.45) is 6.91. The highest BCUT2D eigenvalue weighted by Crippen LogP contribution is 2.33. The number of rotatable bonds is 5. The molecule has 0 unspecified atom stereocenters. The lowest BCUT2D eigenvalue weighted by Crippen LogP contribution is -1.99. The van der Waals surface area contributed by atoms with E-state index in [9.17, 15) is 0 Å². The molecule has 4 heteroatoms. The highest BCUT2D eigenvalue weighted by atomic mass is 79.9. The van der Waals surface area contributed by atoms with Gasteiger partial charge in [0, 0.05) is 33.3 Å². The molecular formula is C18H20BrN3. The Balaban J connectivity index is 2.15. The van der Waals surface area contributed by atoms with Gasteiger partial charge in [0.1, 0.15) is 0 Å². The van der Waals surface area contributed by atoms with E-state index >= 15 is 0 Å². The molecule has 0 saturated carbocycles. The quantitative estimate of drug-likeness (QED) is 0.656. The maximum atomic E-state index is 5.65. The first-order chi connectivity index (χ1) is 10.7. The van der Waals surface area contributed by atoms with Crippen LogP contribution < -0.4 is 5.73 Å². The third-order valence-corrected chi connectivity index (χ3v) is 4.46. The molecule has 0 saturated heterocycles. The zero-order chi connectivity index (χ0) is 15.5. The first-order valence-electron chi connectivity index (χ1n) is 7.62. The number of hydrogen-bond acceptors (Lipinski definition) is 2. The largest absolute Gasteiger partial charge is 0.354 e. The van der Waals surface area contributed by atoms with Crippen molar-refractivity contribution in [3.63, 3.8) is 0 Å². The van der Waals surface area contributed by atoms with Crippen molar-refractivity contribution in [1.82, 2.24) is 9.97 Å². The van der Waals surface area contributed by atoms with Gasteiger partial charge < -0.3 is 10.7 Å². The van der Waals surface area contributed by atoms with Crippen LogP contribution in [0.5, 0.6) is 0 Å². The zero-order valence-corrected chi connectivity index (χ0v) is 14.3. The SMILES string of the molecule is Cc1cccc2c(CCCCN)c(-c3cncc(Br)c3)[nH]c12. The Labute approximate surface area is 139 Å². The Morgan fingerprint density at radius 2 is 2.09 bits per heavy atom. The van der Waals surface area contributed by atoms with Crippen LogP contribution in [0.25, 0.3) is 22.2 Å². The second kappa shape index (κ2) is 6.63. The van der Waals surface area contributed by atoms with Crippen LogP contribution in [0.1, 0.15) is 24.0 Å². The fourth-order valence-electron chi connectivity index (χ4n) is 2.92. The maximum absolute atomic E-state index is 5.65. The Hall–Kier alpha value is -1.65. The topological polar surface area (TPSA) is 54.7 Å². The highest BCUT2D eigenvalue weighted by molar-refractivity contribution is 9.10. The predicted octanol–water partition coefficient (Wildman–Crippen LogP) is 4.58. The molecule has 0 aliphatic carbocycles. The van der Waals surface area contributed by atoms with E-state index in [-0.39, 0.29) is 0 Å². The van der Waals surface area contributed by atoms with Crippen molar-refractivity contribution in [2.75, 3.05) is 6.54 Å². The van der Waals surface area contributed by atoms with Gasteiger partial charge in [-0.1, -0.05) is 18.2 Å². The van der Waals surface area contributed by atoms with Crippen LogP contribution in [0.4, 0.5) is 0 Å². The number of unbranched alkanes of at least 4 members (excludes halogenated alkanes) is 1. The van der Waals surface area contributed by atoms with Gasteiger partial charge in [-0.25, -0.2) is 0 Å². The molecule has 22 heavy (non-hydrogen) atoms. The van der Waals surface area contributed by atoms with Gasteiger partial charge in [0.05, 0.1) is 5.69 Å². The van der Waals surface area contributed by atoms with Crippen molar-refractivity contribution in [1.29, 1.82) is 0 Å². The number of nitrogens with zero attached hydrogens (tertiary/aromatic N) is 1. The number of hydrogen-bond donors (Lipinski definition) is 2. The molecule has 2 aromatic heterocycles. The predicted molar refractivity (Wildman–Crippen MR) is 96.0 cm³/mol. The second-order valence-electron chi connectivity index (χ2n) is 5.61. The number of fused-ring (bicyclic) bond motifs is 1. The fraction of sp³-hybridized carbons (Fsp3) is 0.278. The van der Waals surface area contributed by atoms with Gasteiger partial charge in [-0.3, -0.25) is 4.98 Å². The van der Waals surface area contributed by atoms with E-state index in [1.54, 1.807) is 0 Å². The van der Waals surface area contributed by atoms with E-state index in [0.29, 0.717) is 0 Å². The molecule has 0 aliphatic heterocycles. The van der Waals surface area contributed by atoms with Crippen molar-refractivity contribution in [3.8, 4) is 11.3 Å². The van der Waals surface area contributed by atoms with Gasteiger partial charge in [-0.2, -0.15) is 0 Å². The minimum absolute atomic E-state index is 0.745. The van der Waals surface area contributed by atoms with Gasteiger partial charge in [0.25, 0.3) is 0 Å². The lowest BCUT2D eigenvalue weighted by atomic mass is 10.0. The van der Waals surface area contributed by atoms with Crippen LogP contribution in [0.2, 0.25) is 0 Å². The summed E-state index contributed by atoms with van der Waals surface area (Å²) >= 11 is 3.51. The summed E-state index contributed by atoms with van der Waals surface area (Å²) in [6, 6.07) is 8.58. The molecule has 114 valence electrons. The molecule has 3 aromatic rings. The van der Waals surface area contributed by atoms with Crippen molar-refractivity contribution < 1.29 is 0 Å². The van der Waals surface area contributed by atoms with Gasteiger partial charge in [0.15, 0.2) is 0 Å². The van der Waals surface area contributed by atoms with E-state index in [1.165, 1.54) is 27.7 Å². The molecule has 3 N–H and O–H groups in total. The van der Waals surface area contributed by atoms with Gasteiger partial charge in [-0.15, -0.1) is 0 Å². The lowest BCUT2D eigenvalue weighted by Gasteiger charge is -2.05. The Morgan fingerprint density at radius 1 is 1.23 bits per heavy atom. The number of aromatic nitrogens is 2. The first kappa shape index (κ1) is 15.3. The summed E-state index contributed by atoms with van der Waals surface area (Å²) in [7, 11) is 0. The summed E-state index contributed by atoms with van der Waals surface area (Å²) in [5.41, 5.74) is 11.8. The van der Waals surface area contributed by atoms with E-state index < -0.39 is 0 Å². The Bertz CT molecular complexity index is 792. The summed E-state index contributed by atoms with van der Waals surface area (Å²) in [5, 5.41) is 1.31. The highest BCUT2D eigenvalue weighted by Gasteiger charge is 2.14. The van der Waals surface area contributed by atoms with E-state index in [2.05, 4.69) is 57.1 Å². The van der Waals surface area contributed by atoms with Crippen LogP contribution in [-0.2, 0) is 6.42 Å². The molecule has 0 amide bonds. The van der Waals surface area contributed by atoms with Gasteiger partial charge in [-0.05, 0) is 65.9 Å². The summed E-state index contributed by atoms with van der Waals surface area (Å²) in [4.78, 5) is 7.91. The molecule has 0 aliphatic rings. The van der Waals surface area contributed by atoms with Crippen molar-refractivity contribution in [3.05, 3.63) is 52.3 Å². The zero-order valence-electron chi connectivity index (χ0n) is 12.7. The normalized spacial score (nSPS) is 11.2. The molecule has 0 spiro atoms. The number of H-pyrrole nitrogens is 1. The summed E-state index contributed by atoms with van der Waals surface area (Å²) in [6.45, 7) is 2.89. The van der Waals surface area contributed by atoms with Crippen LogP contribution >= 0.6 is 15.9 Å². The number of aryl methyl sites for hydroxylation is 2. The standard InChI is InChI=1S/C18H20BrN3/c1-12-5-4-7-15-16(6-2-3-8-20)18(22-17(12)15)13-9-14(19)11-21-10-13/h4-5,7,9-11,22H,2-3,6,8,20H2,1H3. The maximum Gasteiger partial charge on any atom is 0.0513 e. The number of nitrogens with one attached hydrogen (secondary N) is 1. The monoisotopic (exact) mass is 357 g/mol. The minimum Gasteiger partial charge on any atom is -0.354 e. The molecule has 3 rings (SSSR count). The van der Waals surface area contributed by atoms with E-state index in [1.807, 2.05) is 12.4 Å². The van der Waals surface area contributed by atoms with E-state index in [4.69, 9.17) is 5.73 Å². The van der Waals surface area contributed by atoms with Gasteiger partial charge >= 0.3 is 0 Å². The average molecular weight is 358 g/mol. The van der Waals surface area contributed by atoms with Crippen LogP contribution in [-0.4, -0.2) is 16.5 Å². The Kier molecular flexibility index (Phi) is 4.60. The van der Waals surface area contributed by atoms with Crippen LogP contribution in [0, 0.1) is 6.92 Å². The molecule has 0 fully saturated rings. The van der Waals surface area contributed by atoms with Crippen molar-refractivity contribution in [2.24, 2.45) is 5.73 Å². The first-order valence-corrected chi connectivity index (χ1v) is 8.41. The van der Waals surface area contributed by atoms with Crippen LogP contribution in [0.3, 0.4) is 0 Å². The van der Waals surface area contributed by atoms with Crippen molar-refractivity contribution in [2.45, 2.75) is 26.2 Å². The third kappa shape index (κ3) is 2.94. The number of para-hydroxylation sites is 1. The summed E-state index contributed by atoms with van der Waals surface area (Å²) in [5.74, 6) is 0.